The Bertz CT molecular complexity index is 703. The molecule has 22 heavy (non-hydrogen) atoms. The Balaban J connectivity index is 1.71. The molecule has 0 aromatic carbocycles. The van der Waals surface area contributed by atoms with Gasteiger partial charge in [-0.3, -0.25) is 9.59 Å². The molecule has 1 aliphatic carbocycles. The Kier molecular flexibility index (Phi) is 3.79. The van der Waals surface area contributed by atoms with Crippen LogP contribution in [0.25, 0.3) is 0 Å². The van der Waals surface area contributed by atoms with E-state index in [1.54, 1.807) is 19.2 Å². The summed E-state index contributed by atoms with van der Waals surface area (Å²) in [4.78, 5) is 29.0. The summed E-state index contributed by atoms with van der Waals surface area (Å²) in [5.74, 6) is -0.152. The van der Waals surface area contributed by atoms with Gasteiger partial charge in [-0.05, 0) is 25.8 Å². The minimum Gasteiger partial charge on any atom is -0.387 e. The molecule has 0 radical (unpaired) electrons. The summed E-state index contributed by atoms with van der Waals surface area (Å²) in [5.41, 5.74) is 1.53. The molecule has 116 valence electrons. The quantitative estimate of drug-likeness (QED) is 0.794. The van der Waals surface area contributed by atoms with E-state index in [1.807, 2.05) is 0 Å². The zero-order chi connectivity index (χ0) is 15.7. The van der Waals surface area contributed by atoms with Crippen molar-refractivity contribution < 1.29 is 9.63 Å². The molecule has 0 spiro atoms. The molecule has 2 heterocycles. The van der Waals surface area contributed by atoms with E-state index in [-0.39, 0.29) is 30.2 Å². The minimum absolute atomic E-state index is 0.00715. The van der Waals surface area contributed by atoms with Gasteiger partial charge >= 0.3 is 0 Å². The second kappa shape index (κ2) is 5.75. The summed E-state index contributed by atoms with van der Waals surface area (Å²) in [5, 5.41) is 14.3. The van der Waals surface area contributed by atoms with Gasteiger partial charge in [-0.2, -0.15) is 0 Å². The zero-order valence-electron chi connectivity index (χ0n) is 12.3. The van der Waals surface area contributed by atoms with Crippen molar-refractivity contribution in [3.8, 4) is 0 Å². The van der Waals surface area contributed by atoms with Gasteiger partial charge in [-0.15, -0.1) is 0 Å². The van der Waals surface area contributed by atoms with Gasteiger partial charge < -0.3 is 20.1 Å². The average Bonchev–Trinajstić information content (AvgIpc) is 3.13. The molecular formula is C15H18N4O3. The summed E-state index contributed by atoms with van der Waals surface area (Å²) in [6.07, 6.45) is 3.85. The lowest BCUT2D eigenvalue weighted by Gasteiger charge is -2.12. The van der Waals surface area contributed by atoms with E-state index in [0.717, 1.165) is 18.4 Å². The molecule has 1 aromatic rings. The molecule has 1 saturated carbocycles. The van der Waals surface area contributed by atoms with E-state index >= 15 is 0 Å². The summed E-state index contributed by atoms with van der Waals surface area (Å²) in [6, 6.07) is 3.38. The second-order valence-corrected chi connectivity index (χ2v) is 5.73. The van der Waals surface area contributed by atoms with Crippen molar-refractivity contribution in [2.75, 3.05) is 0 Å². The third kappa shape index (κ3) is 3.24. The third-order valence-corrected chi connectivity index (χ3v) is 3.74. The molecule has 1 aromatic heterocycles. The largest absolute Gasteiger partial charge is 0.387 e. The van der Waals surface area contributed by atoms with E-state index in [1.165, 1.54) is 10.6 Å². The topological polar surface area (TPSA) is 96.5 Å². The van der Waals surface area contributed by atoms with Crippen LogP contribution in [-0.4, -0.2) is 27.9 Å². The van der Waals surface area contributed by atoms with Gasteiger partial charge in [0.25, 0.3) is 5.56 Å². The lowest BCUT2D eigenvalue weighted by molar-refractivity contribution is -0.121. The number of amides is 1. The van der Waals surface area contributed by atoms with E-state index < -0.39 is 0 Å². The normalized spacial score (nSPS) is 20.2. The van der Waals surface area contributed by atoms with Gasteiger partial charge in [0.1, 0.15) is 12.3 Å². The van der Waals surface area contributed by atoms with Gasteiger partial charge in [0, 0.05) is 30.3 Å². The minimum atomic E-state index is -0.311. The van der Waals surface area contributed by atoms with Crippen LogP contribution in [0.15, 0.2) is 28.3 Å². The van der Waals surface area contributed by atoms with Gasteiger partial charge in [0.15, 0.2) is 6.10 Å². The van der Waals surface area contributed by atoms with Crippen molar-refractivity contribution in [3.05, 3.63) is 34.2 Å². The van der Waals surface area contributed by atoms with Gasteiger partial charge in [0.2, 0.25) is 5.91 Å². The number of nitrogens with zero attached hydrogens (tertiary/aromatic N) is 2. The smallest absolute Gasteiger partial charge is 0.251 e. The van der Waals surface area contributed by atoms with Gasteiger partial charge in [0.05, 0.1) is 5.71 Å². The van der Waals surface area contributed by atoms with Crippen molar-refractivity contribution >= 4 is 17.3 Å². The van der Waals surface area contributed by atoms with Crippen LogP contribution in [0.4, 0.5) is 0 Å². The maximum Gasteiger partial charge on any atom is 0.251 e. The SMILES string of the molecule is CC(=N)C1=NOC(c2ccc(=O)n(CC(=O)NC3CC3)c2)C1. The first-order valence-electron chi connectivity index (χ1n) is 7.31. The second-order valence-electron chi connectivity index (χ2n) is 5.73. The maximum atomic E-state index is 11.9. The lowest BCUT2D eigenvalue weighted by atomic mass is 10.0. The number of hydrogen-bond donors (Lipinski definition) is 2. The number of nitrogens with one attached hydrogen (secondary N) is 2. The summed E-state index contributed by atoms with van der Waals surface area (Å²) in [7, 11) is 0. The first-order chi connectivity index (χ1) is 10.5. The predicted octanol–water partition coefficient (Wildman–Crippen LogP) is 0.984. The highest BCUT2D eigenvalue weighted by atomic mass is 16.6. The molecular weight excluding hydrogens is 284 g/mol. The molecule has 7 heteroatoms. The van der Waals surface area contributed by atoms with E-state index in [2.05, 4.69) is 10.5 Å². The molecule has 1 aliphatic heterocycles. The van der Waals surface area contributed by atoms with Crippen LogP contribution in [0, 0.1) is 5.41 Å². The van der Waals surface area contributed by atoms with Crippen molar-refractivity contribution in [2.24, 2.45) is 5.16 Å². The fraction of sp³-hybridized carbons (Fsp3) is 0.467. The molecule has 1 amide bonds. The Morgan fingerprint density at radius 2 is 2.27 bits per heavy atom. The van der Waals surface area contributed by atoms with Crippen LogP contribution >= 0.6 is 0 Å². The van der Waals surface area contributed by atoms with Crippen molar-refractivity contribution in [3.63, 3.8) is 0 Å². The highest BCUT2D eigenvalue weighted by molar-refractivity contribution is 6.40. The van der Waals surface area contributed by atoms with E-state index in [0.29, 0.717) is 17.8 Å². The average molecular weight is 302 g/mol. The first-order valence-corrected chi connectivity index (χ1v) is 7.31. The predicted molar refractivity (Wildman–Crippen MR) is 81.1 cm³/mol. The summed E-state index contributed by atoms with van der Waals surface area (Å²) < 4.78 is 1.38. The molecule has 0 saturated heterocycles. The van der Waals surface area contributed by atoms with Crippen LogP contribution in [0.3, 0.4) is 0 Å². The Morgan fingerprint density at radius 1 is 1.50 bits per heavy atom. The summed E-state index contributed by atoms with van der Waals surface area (Å²) in [6.45, 7) is 1.67. The van der Waals surface area contributed by atoms with Crippen LogP contribution in [0.2, 0.25) is 0 Å². The molecule has 2 N–H and O–H groups in total. The monoisotopic (exact) mass is 302 g/mol. The third-order valence-electron chi connectivity index (χ3n) is 3.74. The molecule has 1 fully saturated rings. The van der Waals surface area contributed by atoms with Crippen molar-refractivity contribution in [1.82, 2.24) is 9.88 Å². The van der Waals surface area contributed by atoms with E-state index in [9.17, 15) is 9.59 Å². The fourth-order valence-corrected chi connectivity index (χ4v) is 2.30. The first kappa shape index (κ1) is 14.5. The highest BCUT2D eigenvalue weighted by Gasteiger charge is 2.25. The number of hydrogen-bond acceptors (Lipinski definition) is 5. The highest BCUT2D eigenvalue weighted by Crippen LogP contribution is 2.26. The molecule has 1 atom stereocenters. The molecule has 3 rings (SSSR count). The van der Waals surface area contributed by atoms with Crippen LogP contribution in [-0.2, 0) is 16.2 Å². The molecule has 1 unspecified atom stereocenters. The Morgan fingerprint density at radius 3 is 2.91 bits per heavy atom. The molecule has 7 nitrogen and oxygen atoms in total. The van der Waals surface area contributed by atoms with Crippen molar-refractivity contribution in [1.29, 1.82) is 5.41 Å². The molecule has 0 bridgehead atoms. The number of carbonyl (C=O) groups excluding carboxylic acids is 1. The molecule has 2 aliphatic rings. The standard InChI is InChI=1S/C15H18N4O3/c1-9(16)12-6-13(22-18-12)10-2-5-15(21)19(7-10)8-14(20)17-11-3-4-11/h2,5,7,11,13,16H,3-4,6,8H2,1H3,(H,17,20). The van der Waals surface area contributed by atoms with Crippen molar-refractivity contribution in [2.45, 2.75) is 44.9 Å². The number of aromatic nitrogens is 1. The fourth-order valence-electron chi connectivity index (χ4n) is 2.30. The number of rotatable bonds is 5. The number of oxime groups is 1. The van der Waals surface area contributed by atoms with Crippen LogP contribution in [0.1, 0.15) is 37.9 Å². The van der Waals surface area contributed by atoms with Gasteiger partial charge in [-0.25, -0.2) is 0 Å². The maximum absolute atomic E-state index is 11.9. The Labute approximate surface area is 127 Å². The summed E-state index contributed by atoms with van der Waals surface area (Å²) >= 11 is 0. The van der Waals surface area contributed by atoms with Gasteiger partial charge in [-0.1, -0.05) is 5.16 Å². The number of carbonyl (C=O) groups is 1. The number of pyridine rings is 1. The lowest BCUT2D eigenvalue weighted by Crippen LogP contribution is -2.33. The van der Waals surface area contributed by atoms with Crippen LogP contribution in [0.5, 0.6) is 0 Å². The van der Waals surface area contributed by atoms with Crippen LogP contribution < -0.4 is 10.9 Å². The van der Waals surface area contributed by atoms with E-state index in [4.69, 9.17) is 10.2 Å². The Hall–Kier alpha value is -2.44. The zero-order valence-corrected chi connectivity index (χ0v) is 12.3.